The number of hydrogen-bond acceptors (Lipinski definition) is 4. The molecule has 0 heterocycles. The largest absolute Gasteiger partial charge is 0.493 e. The summed E-state index contributed by atoms with van der Waals surface area (Å²) in [6.07, 6.45) is 1.17. The van der Waals surface area contributed by atoms with Crippen LogP contribution in [-0.4, -0.2) is 39.3 Å². The van der Waals surface area contributed by atoms with Crippen molar-refractivity contribution in [3.05, 3.63) is 54.1 Å². The Bertz CT molecular complexity index is 829. The van der Waals surface area contributed by atoms with Crippen molar-refractivity contribution in [2.45, 2.75) is 24.7 Å². The first-order valence-corrected chi connectivity index (χ1v) is 9.81. The lowest BCUT2D eigenvalue weighted by atomic mass is 10.2. The van der Waals surface area contributed by atoms with Crippen molar-refractivity contribution in [3.63, 3.8) is 0 Å². The predicted octanol–water partition coefficient (Wildman–Crippen LogP) is 2.91. The van der Waals surface area contributed by atoms with Crippen LogP contribution >= 0.6 is 0 Å². The van der Waals surface area contributed by atoms with Crippen molar-refractivity contribution in [1.82, 2.24) is 4.31 Å². The molecule has 0 bridgehead atoms. The molecule has 0 unspecified atom stereocenters. The molecule has 0 radical (unpaired) electrons. The molecule has 0 aliphatic heterocycles. The second kappa shape index (κ2) is 8.82. The van der Waals surface area contributed by atoms with Gasteiger partial charge in [-0.15, -0.1) is 0 Å². The van der Waals surface area contributed by atoms with Gasteiger partial charge in [0.2, 0.25) is 15.9 Å². The molecule has 0 saturated carbocycles. The number of ether oxygens (including phenoxy) is 1. The van der Waals surface area contributed by atoms with Crippen LogP contribution in [0, 0.1) is 0 Å². The third kappa shape index (κ3) is 5.31. The first-order valence-electron chi connectivity index (χ1n) is 8.37. The SMILES string of the molecule is CCc1ccc(OCCC(=O)Nc2ccc(S(=O)(=O)N(C)C)cc2)cc1. The zero-order valence-electron chi connectivity index (χ0n) is 15.2. The highest BCUT2D eigenvalue weighted by atomic mass is 32.2. The number of benzene rings is 2. The number of nitrogens with zero attached hydrogens (tertiary/aromatic N) is 1. The van der Waals surface area contributed by atoms with Gasteiger partial charge in [0.15, 0.2) is 0 Å². The van der Waals surface area contributed by atoms with E-state index in [1.54, 1.807) is 12.1 Å². The van der Waals surface area contributed by atoms with Crippen molar-refractivity contribution in [2.75, 3.05) is 26.0 Å². The first-order chi connectivity index (χ1) is 12.3. The van der Waals surface area contributed by atoms with Crippen LogP contribution in [0.3, 0.4) is 0 Å². The Morgan fingerprint density at radius 2 is 1.65 bits per heavy atom. The minimum absolute atomic E-state index is 0.180. The summed E-state index contributed by atoms with van der Waals surface area (Å²) in [6.45, 7) is 2.35. The Morgan fingerprint density at radius 3 is 2.19 bits per heavy atom. The highest BCUT2D eigenvalue weighted by Gasteiger charge is 2.16. The summed E-state index contributed by atoms with van der Waals surface area (Å²) in [5.41, 5.74) is 1.77. The lowest BCUT2D eigenvalue weighted by Crippen LogP contribution is -2.22. The molecule has 0 fully saturated rings. The molecule has 1 N–H and O–H groups in total. The fraction of sp³-hybridized carbons (Fsp3) is 0.316. The fourth-order valence-electron chi connectivity index (χ4n) is 2.23. The third-order valence-electron chi connectivity index (χ3n) is 3.85. The number of aryl methyl sites for hydroxylation is 1. The van der Waals surface area contributed by atoms with Crippen LogP contribution < -0.4 is 10.1 Å². The molecule has 7 heteroatoms. The molecule has 1 amide bonds. The molecule has 140 valence electrons. The van der Waals surface area contributed by atoms with E-state index in [-0.39, 0.29) is 23.8 Å². The average Bonchev–Trinajstić information content (AvgIpc) is 2.62. The zero-order valence-corrected chi connectivity index (χ0v) is 16.0. The van der Waals surface area contributed by atoms with Gasteiger partial charge in [0.05, 0.1) is 17.9 Å². The Morgan fingerprint density at radius 1 is 1.04 bits per heavy atom. The topological polar surface area (TPSA) is 75.7 Å². The maximum atomic E-state index is 12.0. The molecule has 0 aliphatic rings. The van der Waals surface area contributed by atoms with Gasteiger partial charge in [0.1, 0.15) is 5.75 Å². The van der Waals surface area contributed by atoms with E-state index in [1.165, 1.54) is 31.8 Å². The highest BCUT2D eigenvalue weighted by Crippen LogP contribution is 2.17. The molecule has 2 aromatic rings. The van der Waals surface area contributed by atoms with Gasteiger partial charge in [-0.05, 0) is 48.4 Å². The van der Waals surface area contributed by atoms with Gasteiger partial charge in [-0.25, -0.2) is 12.7 Å². The average molecular weight is 376 g/mol. The summed E-state index contributed by atoms with van der Waals surface area (Å²) in [7, 11) is -0.525. The van der Waals surface area contributed by atoms with Gasteiger partial charge >= 0.3 is 0 Å². The number of amides is 1. The van der Waals surface area contributed by atoms with Gasteiger partial charge in [-0.1, -0.05) is 19.1 Å². The standard InChI is InChI=1S/C19H24N2O4S/c1-4-15-5-9-17(10-6-15)25-14-13-19(22)20-16-7-11-18(12-8-16)26(23,24)21(2)3/h5-12H,4,13-14H2,1-3H3,(H,20,22). The summed E-state index contributed by atoms with van der Waals surface area (Å²) >= 11 is 0. The second-order valence-electron chi connectivity index (χ2n) is 5.96. The number of carbonyl (C=O) groups excluding carboxylic acids is 1. The number of anilines is 1. The van der Waals surface area contributed by atoms with Crippen LogP contribution in [0.4, 0.5) is 5.69 Å². The van der Waals surface area contributed by atoms with Crippen molar-refractivity contribution in [1.29, 1.82) is 0 Å². The zero-order chi connectivity index (χ0) is 19.2. The monoisotopic (exact) mass is 376 g/mol. The van der Waals surface area contributed by atoms with Crippen LogP contribution in [0.15, 0.2) is 53.4 Å². The summed E-state index contributed by atoms with van der Waals surface area (Å²) in [4.78, 5) is 12.2. The van der Waals surface area contributed by atoms with Gasteiger partial charge in [0, 0.05) is 19.8 Å². The summed E-state index contributed by atoms with van der Waals surface area (Å²) in [6, 6.07) is 13.9. The third-order valence-corrected chi connectivity index (χ3v) is 5.68. The van der Waals surface area contributed by atoms with E-state index in [2.05, 4.69) is 12.2 Å². The molecule has 26 heavy (non-hydrogen) atoms. The lowest BCUT2D eigenvalue weighted by molar-refractivity contribution is -0.116. The summed E-state index contributed by atoms with van der Waals surface area (Å²) < 4.78 is 30.7. The lowest BCUT2D eigenvalue weighted by Gasteiger charge is -2.12. The number of carbonyl (C=O) groups is 1. The van der Waals surface area contributed by atoms with E-state index < -0.39 is 10.0 Å². The highest BCUT2D eigenvalue weighted by molar-refractivity contribution is 7.89. The normalized spacial score (nSPS) is 11.4. The minimum atomic E-state index is -3.47. The minimum Gasteiger partial charge on any atom is -0.493 e. The van der Waals surface area contributed by atoms with E-state index in [0.717, 1.165) is 16.5 Å². The first kappa shape index (κ1) is 19.9. The van der Waals surface area contributed by atoms with Crippen molar-refractivity contribution >= 4 is 21.6 Å². The van der Waals surface area contributed by atoms with Crippen molar-refractivity contribution < 1.29 is 17.9 Å². The fourth-order valence-corrected chi connectivity index (χ4v) is 3.13. The molecule has 0 aromatic heterocycles. The molecule has 2 rings (SSSR count). The van der Waals surface area contributed by atoms with E-state index in [4.69, 9.17) is 4.74 Å². The summed E-state index contributed by atoms with van der Waals surface area (Å²) in [5, 5.41) is 2.73. The van der Waals surface area contributed by atoms with Gasteiger partial charge in [-0.3, -0.25) is 4.79 Å². The van der Waals surface area contributed by atoms with Crippen LogP contribution in [0.2, 0.25) is 0 Å². The van der Waals surface area contributed by atoms with Crippen LogP contribution in [0.1, 0.15) is 18.9 Å². The number of rotatable bonds is 8. The molecular weight excluding hydrogens is 352 g/mol. The maximum absolute atomic E-state index is 12.0. The molecule has 0 spiro atoms. The smallest absolute Gasteiger partial charge is 0.242 e. The molecule has 2 aromatic carbocycles. The van der Waals surface area contributed by atoms with Crippen LogP contribution in [0.25, 0.3) is 0 Å². The number of sulfonamides is 1. The Balaban J connectivity index is 1.84. The van der Waals surface area contributed by atoms with E-state index in [0.29, 0.717) is 5.69 Å². The van der Waals surface area contributed by atoms with Gasteiger partial charge in [0.25, 0.3) is 0 Å². The molecule has 0 aliphatic carbocycles. The second-order valence-corrected chi connectivity index (χ2v) is 8.11. The van der Waals surface area contributed by atoms with E-state index in [9.17, 15) is 13.2 Å². The number of nitrogens with one attached hydrogen (secondary N) is 1. The van der Waals surface area contributed by atoms with Crippen LogP contribution in [0.5, 0.6) is 5.75 Å². The van der Waals surface area contributed by atoms with E-state index >= 15 is 0 Å². The van der Waals surface area contributed by atoms with Gasteiger partial charge < -0.3 is 10.1 Å². The predicted molar refractivity (Wildman–Crippen MR) is 102 cm³/mol. The quantitative estimate of drug-likeness (QED) is 0.769. The maximum Gasteiger partial charge on any atom is 0.242 e. The van der Waals surface area contributed by atoms with Crippen molar-refractivity contribution in [2.24, 2.45) is 0 Å². The Labute approximate surface area is 154 Å². The van der Waals surface area contributed by atoms with Gasteiger partial charge in [-0.2, -0.15) is 0 Å². The molecule has 6 nitrogen and oxygen atoms in total. The molecule has 0 atom stereocenters. The van der Waals surface area contributed by atoms with E-state index in [1.807, 2.05) is 24.3 Å². The Hall–Kier alpha value is -2.38. The molecular formula is C19H24N2O4S. The van der Waals surface area contributed by atoms with Crippen molar-refractivity contribution in [3.8, 4) is 5.75 Å². The van der Waals surface area contributed by atoms with Crippen LogP contribution in [-0.2, 0) is 21.2 Å². The molecule has 0 saturated heterocycles. The summed E-state index contributed by atoms with van der Waals surface area (Å²) in [5.74, 6) is 0.534. The number of hydrogen-bond donors (Lipinski definition) is 1. The Kier molecular flexibility index (Phi) is 6.76.